The summed E-state index contributed by atoms with van der Waals surface area (Å²) in [5, 5.41) is 2.96. The third-order valence-corrected chi connectivity index (χ3v) is 2.86. The Morgan fingerprint density at radius 3 is 2.69 bits per heavy atom. The van der Waals surface area contributed by atoms with Gasteiger partial charge in [-0.2, -0.15) is 0 Å². The van der Waals surface area contributed by atoms with Crippen LogP contribution in [0.2, 0.25) is 0 Å². The number of hydrogen-bond donors (Lipinski definition) is 1. The molecule has 0 radical (unpaired) electrons. The van der Waals surface area contributed by atoms with Crippen molar-refractivity contribution >= 4 is 11.6 Å². The lowest BCUT2D eigenvalue weighted by Crippen LogP contribution is -2.36. The van der Waals surface area contributed by atoms with Gasteiger partial charge in [-0.25, -0.2) is 0 Å². The molecule has 0 aromatic heterocycles. The van der Waals surface area contributed by atoms with Gasteiger partial charge in [0.25, 0.3) is 0 Å². The van der Waals surface area contributed by atoms with Gasteiger partial charge in [-0.15, -0.1) is 0 Å². The standard InChI is InChI=1S/C13H18N2O/c1-15(12-5-3-2-4-6-12)10-13(16)14-9-11-7-8-11/h2-6,11H,7-10H2,1H3,(H,14,16). The second-order valence-corrected chi connectivity index (χ2v) is 4.44. The summed E-state index contributed by atoms with van der Waals surface area (Å²) < 4.78 is 0. The van der Waals surface area contributed by atoms with Gasteiger partial charge in [0.05, 0.1) is 6.54 Å². The molecule has 0 saturated heterocycles. The largest absolute Gasteiger partial charge is 0.365 e. The number of nitrogens with one attached hydrogen (secondary N) is 1. The summed E-state index contributed by atoms with van der Waals surface area (Å²) in [4.78, 5) is 13.6. The maximum absolute atomic E-state index is 11.6. The highest BCUT2D eigenvalue weighted by atomic mass is 16.2. The van der Waals surface area contributed by atoms with Crippen LogP contribution < -0.4 is 10.2 Å². The normalized spacial score (nSPS) is 14.6. The third kappa shape index (κ3) is 3.26. The minimum Gasteiger partial charge on any atom is -0.365 e. The van der Waals surface area contributed by atoms with Crippen LogP contribution in [-0.2, 0) is 4.79 Å². The molecule has 0 unspecified atom stereocenters. The Balaban J connectivity index is 1.77. The minimum absolute atomic E-state index is 0.109. The molecule has 1 aliphatic rings. The van der Waals surface area contributed by atoms with Crippen LogP contribution in [0.3, 0.4) is 0 Å². The van der Waals surface area contributed by atoms with Crippen molar-refractivity contribution in [3.63, 3.8) is 0 Å². The van der Waals surface area contributed by atoms with Crippen molar-refractivity contribution < 1.29 is 4.79 Å². The zero-order chi connectivity index (χ0) is 11.4. The molecule has 3 nitrogen and oxygen atoms in total. The third-order valence-electron chi connectivity index (χ3n) is 2.86. The van der Waals surface area contributed by atoms with E-state index in [2.05, 4.69) is 5.32 Å². The van der Waals surface area contributed by atoms with Gasteiger partial charge in [0, 0.05) is 19.3 Å². The predicted octanol–water partition coefficient (Wildman–Crippen LogP) is 1.65. The van der Waals surface area contributed by atoms with Gasteiger partial charge in [0.1, 0.15) is 0 Å². The lowest BCUT2D eigenvalue weighted by Gasteiger charge is -2.18. The van der Waals surface area contributed by atoms with Crippen LogP contribution in [0.4, 0.5) is 5.69 Å². The molecule has 1 aromatic rings. The molecule has 1 aromatic carbocycles. The highest BCUT2D eigenvalue weighted by Crippen LogP contribution is 2.27. The molecule has 2 rings (SSSR count). The molecule has 1 fully saturated rings. The molecule has 0 atom stereocenters. The Hall–Kier alpha value is -1.51. The van der Waals surface area contributed by atoms with E-state index in [9.17, 15) is 4.79 Å². The van der Waals surface area contributed by atoms with Gasteiger partial charge in [0.15, 0.2) is 0 Å². The molecule has 1 aliphatic carbocycles. The Morgan fingerprint density at radius 2 is 2.06 bits per heavy atom. The number of nitrogens with zero attached hydrogens (tertiary/aromatic N) is 1. The molecule has 0 aliphatic heterocycles. The van der Waals surface area contributed by atoms with Crippen LogP contribution >= 0.6 is 0 Å². The molecule has 1 amide bonds. The number of carbonyl (C=O) groups is 1. The number of hydrogen-bond acceptors (Lipinski definition) is 2. The van der Waals surface area contributed by atoms with Crippen molar-refractivity contribution in [1.82, 2.24) is 5.32 Å². The summed E-state index contributed by atoms with van der Waals surface area (Å²) in [6, 6.07) is 9.95. The topological polar surface area (TPSA) is 32.3 Å². The van der Waals surface area contributed by atoms with Gasteiger partial charge in [0.2, 0.25) is 5.91 Å². The molecule has 0 heterocycles. The average molecular weight is 218 g/mol. The number of carbonyl (C=O) groups excluding carboxylic acids is 1. The van der Waals surface area contributed by atoms with Crippen molar-refractivity contribution in [2.45, 2.75) is 12.8 Å². The fourth-order valence-corrected chi connectivity index (χ4v) is 1.63. The van der Waals surface area contributed by atoms with E-state index in [0.29, 0.717) is 6.54 Å². The lowest BCUT2D eigenvalue weighted by molar-refractivity contribution is -0.119. The van der Waals surface area contributed by atoms with E-state index in [1.807, 2.05) is 42.3 Å². The van der Waals surface area contributed by atoms with E-state index in [0.717, 1.165) is 18.2 Å². The quantitative estimate of drug-likeness (QED) is 0.815. The summed E-state index contributed by atoms with van der Waals surface area (Å²) in [6.07, 6.45) is 2.55. The number of anilines is 1. The number of likely N-dealkylation sites (N-methyl/N-ethyl adjacent to an activating group) is 1. The first-order valence-corrected chi connectivity index (χ1v) is 5.78. The van der Waals surface area contributed by atoms with Crippen molar-refractivity contribution in [3.8, 4) is 0 Å². The molecule has 1 N–H and O–H groups in total. The SMILES string of the molecule is CN(CC(=O)NCC1CC1)c1ccccc1. The van der Waals surface area contributed by atoms with Crippen LogP contribution in [-0.4, -0.2) is 26.0 Å². The van der Waals surface area contributed by atoms with E-state index >= 15 is 0 Å². The molecule has 1 saturated carbocycles. The maximum Gasteiger partial charge on any atom is 0.239 e. The van der Waals surface area contributed by atoms with Crippen molar-refractivity contribution in [1.29, 1.82) is 0 Å². The van der Waals surface area contributed by atoms with Gasteiger partial charge < -0.3 is 10.2 Å². The van der Waals surface area contributed by atoms with E-state index in [4.69, 9.17) is 0 Å². The predicted molar refractivity (Wildman–Crippen MR) is 65.4 cm³/mol. The zero-order valence-corrected chi connectivity index (χ0v) is 9.65. The molecule has 0 spiro atoms. The minimum atomic E-state index is 0.109. The monoisotopic (exact) mass is 218 g/mol. The first kappa shape index (κ1) is 11.0. The Morgan fingerprint density at radius 1 is 1.38 bits per heavy atom. The van der Waals surface area contributed by atoms with E-state index in [1.54, 1.807) is 0 Å². The Kier molecular flexibility index (Phi) is 3.44. The molecule has 3 heteroatoms. The average Bonchev–Trinajstić information content (AvgIpc) is 3.11. The first-order chi connectivity index (χ1) is 7.75. The second-order valence-electron chi connectivity index (χ2n) is 4.44. The van der Waals surface area contributed by atoms with Crippen LogP contribution in [0.15, 0.2) is 30.3 Å². The van der Waals surface area contributed by atoms with E-state index < -0.39 is 0 Å². The van der Waals surface area contributed by atoms with Gasteiger partial charge >= 0.3 is 0 Å². The fraction of sp³-hybridized carbons (Fsp3) is 0.462. The summed E-state index contributed by atoms with van der Waals surface area (Å²) >= 11 is 0. The van der Waals surface area contributed by atoms with Crippen molar-refractivity contribution in [2.75, 3.05) is 25.0 Å². The van der Waals surface area contributed by atoms with Crippen LogP contribution in [0, 0.1) is 5.92 Å². The summed E-state index contributed by atoms with van der Waals surface area (Å²) in [7, 11) is 1.94. The van der Waals surface area contributed by atoms with E-state index in [1.165, 1.54) is 12.8 Å². The summed E-state index contributed by atoms with van der Waals surface area (Å²) in [6.45, 7) is 1.28. The molecule has 16 heavy (non-hydrogen) atoms. The van der Waals surface area contributed by atoms with Crippen LogP contribution in [0.1, 0.15) is 12.8 Å². The summed E-state index contributed by atoms with van der Waals surface area (Å²) in [5.74, 6) is 0.851. The van der Waals surface area contributed by atoms with Gasteiger partial charge in [-0.1, -0.05) is 18.2 Å². The number of benzene rings is 1. The Labute approximate surface area is 96.5 Å². The zero-order valence-electron chi connectivity index (χ0n) is 9.65. The number of amides is 1. The smallest absolute Gasteiger partial charge is 0.239 e. The summed E-state index contributed by atoms with van der Waals surface area (Å²) in [5.41, 5.74) is 1.07. The van der Waals surface area contributed by atoms with Crippen molar-refractivity contribution in [3.05, 3.63) is 30.3 Å². The number of para-hydroxylation sites is 1. The Bertz CT molecular complexity index is 346. The first-order valence-electron chi connectivity index (χ1n) is 5.78. The lowest BCUT2D eigenvalue weighted by atomic mass is 10.3. The maximum atomic E-state index is 11.6. The number of rotatable bonds is 5. The highest BCUT2D eigenvalue weighted by molar-refractivity contribution is 5.81. The van der Waals surface area contributed by atoms with Gasteiger partial charge in [-0.3, -0.25) is 4.79 Å². The molecule has 86 valence electrons. The van der Waals surface area contributed by atoms with Crippen molar-refractivity contribution in [2.24, 2.45) is 5.92 Å². The van der Waals surface area contributed by atoms with Crippen LogP contribution in [0.25, 0.3) is 0 Å². The second kappa shape index (κ2) is 5.01. The molecule has 0 bridgehead atoms. The van der Waals surface area contributed by atoms with Crippen LogP contribution in [0.5, 0.6) is 0 Å². The fourth-order valence-electron chi connectivity index (χ4n) is 1.63. The molecular formula is C13H18N2O. The molecular weight excluding hydrogens is 200 g/mol. The van der Waals surface area contributed by atoms with Gasteiger partial charge in [-0.05, 0) is 30.9 Å². The van der Waals surface area contributed by atoms with E-state index in [-0.39, 0.29) is 5.91 Å². The highest BCUT2D eigenvalue weighted by Gasteiger charge is 2.21.